The molecular weight excluding hydrogens is 504 g/mol. The summed E-state index contributed by atoms with van der Waals surface area (Å²) in [5.74, 6) is -0.585. The maximum absolute atomic E-state index is 13.1. The summed E-state index contributed by atoms with van der Waals surface area (Å²) >= 11 is 1.01. The van der Waals surface area contributed by atoms with Crippen molar-refractivity contribution in [3.05, 3.63) is 54.1 Å². The first kappa shape index (κ1) is 24.9. The Morgan fingerprint density at radius 1 is 1.34 bits per heavy atom. The van der Waals surface area contributed by atoms with E-state index in [-0.39, 0.29) is 39.8 Å². The van der Waals surface area contributed by atoms with Crippen molar-refractivity contribution in [2.24, 2.45) is 4.99 Å². The lowest BCUT2D eigenvalue weighted by molar-refractivity contribution is -0.128. The van der Waals surface area contributed by atoms with Gasteiger partial charge in [0, 0.05) is 19.2 Å². The van der Waals surface area contributed by atoms with E-state index in [9.17, 15) is 26.8 Å². The molecule has 0 N–H and O–H groups in total. The SMILES string of the molecule is CN(C(=O)CSC1=N/C(=C\c2ccco2)C(=O)N1c1ccc(OC(F)F)cc1)[C@@H]1CCS(=O)(=O)C1. The Balaban J connectivity index is 1.53. The van der Waals surface area contributed by atoms with Gasteiger partial charge in [-0.25, -0.2) is 13.4 Å². The third-order valence-electron chi connectivity index (χ3n) is 5.45. The molecule has 2 aliphatic rings. The van der Waals surface area contributed by atoms with Crippen molar-refractivity contribution in [1.82, 2.24) is 4.90 Å². The number of amidine groups is 1. The van der Waals surface area contributed by atoms with E-state index < -0.39 is 28.4 Å². The summed E-state index contributed by atoms with van der Waals surface area (Å²) in [4.78, 5) is 32.9. The van der Waals surface area contributed by atoms with E-state index in [0.717, 1.165) is 11.8 Å². The van der Waals surface area contributed by atoms with Crippen molar-refractivity contribution in [3.63, 3.8) is 0 Å². The predicted octanol–water partition coefficient (Wildman–Crippen LogP) is 3.00. The minimum absolute atomic E-state index is 0.0453. The number of halogens is 2. The van der Waals surface area contributed by atoms with Gasteiger partial charge in [0.2, 0.25) is 5.91 Å². The van der Waals surface area contributed by atoms with Gasteiger partial charge in [-0.15, -0.1) is 0 Å². The number of amides is 2. The van der Waals surface area contributed by atoms with Gasteiger partial charge in [0.15, 0.2) is 15.0 Å². The molecule has 2 amide bonds. The minimum Gasteiger partial charge on any atom is -0.465 e. The fraction of sp³-hybridized carbons (Fsp3) is 0.318. The molecular formula is C22H21F2N3O6S2. The number of carbonyl (C=O) groups excluding carboxylic acids is 2. The molecule has 1 saturated heterocycles. The highest BCUT2D eigenvalue weighted by molar-refractivity contribution is 8.14. The molecule has 13 heteroatoms. The zero-order valence-electron chi connectivity index (χ0n) is 18.5. The lowest BCUT2D eigenvalue weighted by atomic mass is 10.2. The van der Waals surface area contributed by atoms with Crippen LogP contribution in [-0.4, -0.2) is 67.3 Å². The maximum atomic E-state index is 13.1. The fourth-order valence-electron chi connectivity index (χ4n) is 3.62. The molecule has 186 valence electrons. The smallest absolute Gasteiger partial charge is 0.387 e. The third kappa shape index (κ3) is 5.90. The van der Waals surface area contributed by atoms with Gasteiger partial charge in [-0.3, -0.25) is 14.5 Å². The first-order chi connectivity index (χ1) is 16.6. The molecule has 1 aromatic carbocycles. The lowest BCUT2D eigenvalue weighted by Crippen LogP contribution is -2.39. The van der Waals surface area contributed by atoms with Crippen LogP contribution in [0.5, 0.6) is 5.75 Å². The van der Waals surface area contributed by atoms with Crippen molar-refractivity contribution >= 4 is 50.3 Å². The van der Waals surface area contributed by atoms with Crippen LogP contribution >= 0.6 is 11.8 Å². The van der Waals surface area contributed by atoms with Gasteiger partial charge in [-0.05, 0) is 42.8 Å². The zero-order valence-corrected chi connectivity index (χ0v) is 20.1. The normalized spacial score (nSPS) is 20.5. The van der Waals surface area contributed by atoms with Crippen molar-refractivity contribution in [3.8, 4) is 5.75 Å². The summed E-state index contributed by atoms with van der Waals surface area (Å²) in [6.45, 7) is -2.98. The number of ether oxygens (including phenoxy) is 1. The second kappa shape index (κ2) is 10.2. The van der Waals surface area contributed by atoms with E-state index >= 15 is 0 Å². The second-order valence-corrected chi connectivity index (χ2v) is 11.0. The minimum atomic E-state index is -3.15. The molecule has 9 nitrogen and oxygen atoms in total. The maximum Gasteiger partial charge on any atom is 0.387 e. The highest BCUT2D eigenvalue weighted by Gasteiger charge is 2.35. The van der Waals surface area contributed by atoms with E-state index in [1.165, 1.54) is 46.4 Å². The summed E-state index contributed by atoms with van der Waals surface area (Å²) in [6.07, 6.45) is 3.28. The van der Waals surface area contributed by atoms with E-state index in [1.807, 2.05) is 0 Å². The largest absolute Gasteiger partial charge is 0.465 e. The Hall–Kier alpha value is -3.19. The Labute approximate surface area is 204 Å². The van der Waals surface area contributed by atoms with Crippen LogP contribution in [0.4, 0.5) is 14.5 Å². The molecule has 2 aliphatic heterocycles. The highest BCUT2D eigenvalue weighted by atomic mass is 32.2. The fourth-order valence-corrected chi connectivity index (χ4v) is 6.33. The number of hydrogen-bond donors (Lipinski definition) is 0. The van der Waals surface area contributed by atoms with Crippen LogP contribution in [0.3, 0.4) is 0 Å². The topological polar surface area (TPSA) is 109 Å². The monoisotopic (exact) mass is 525 g/mol. The molecule has 0 radical (unpaired) electrons. The van der Waals surface area contributed by atoms with E-state index in [2.05, 4.69) is 9.73 Å². The molecule has 35 heavy (non-hydrogen) atoms. The third-order valence-corrected chi connectivity index (χ3v) is 8.12. The number of hydrogen-bond acceptors (Lipinski definition) is 8. The van der Waals surface area contributed by atoms with Crippen molar-refractivity contribution in [2.75, 3.05) is 29.2 Å². The van der Waals surface area contributed by atoms with Crippen molar-refractivity contribution in [1.29, 1.82) is 0 Å². The van der Waals surface area contributed by atoms with Crippen LogP contribution in [0.1, 0.15) is 12.2 Å². The van der Waals surface area contributed by atoms with Gasteiger partial charge in [-0.1, -0.05) is 11.8 Å². The standard InChI is InChI=1S/C22H21F2N3O6S2/c1-26(15-8-10-35(30,31)13-15)19(28)12-34-22-25-18(11-17-3-2-9-32-17)20(29)27(22)14-4-6-16(7-5-14)33-21(23)24/h2-7,9,11,15,21H,8,10,12-13H2,1H3/b18-11-/t15-/m1/s1. The van der Waals surface area contributed by atoms with Gasteiger partial charge >= 0.3 is 6.61 Å². The van der Waals surface area contributed by atoms with Gasteiger partial charge in [0.1, 0.15) is 17.2 Å². The van der Waals surface area contributed by atoms with Crippen molar-refractivity contribution < 1.29 is 35.9 Å². The molecule has 0 aliphatic carbocycles. The number of furan rings is 1. The number of benzene rings is 1. The molecule has 0 spiro atoms. The van der Waals surface area contributed by atoms with E-state index in [1.54, 1.807) is 19.2 Å². The zero-order chi connectivity index (χ0) is 25.2. The van der Waals surface area contributed by atoms with Crippen LogP contribution in [0, 0.1) is 0 Å². The number of thioether (sulfide) groups is 1. The molecule has 0 saturated carbocycles. The Morgan fingerprint density at radius 2 is 2.09 bits per heavy atom. The first-order valence-corrected chi connectivity index (χ1v) is 13.3. The number of alkyl halides is 2. The van der Waals surface area contributed by atoms with Crippen LogP contribution in [0.15, 0.2) is 57.8 Å². The molecule has 0 unspecified atom stereocenters. The Morgan fingerprint density at radius 3 is 2.69 bits per heavy atom. The Bertz CT molecular complexity index is 1260. The second-order valence-electron chi connectivity index (χ2n) is 7.80. The molecule has 1 fully saturated rings. The molecule has 3 heterocycles. The first-order valence-electron chi connectivity index (χ1n) is 10.4. The number of nitrogens with zero attached hydrogens (tertiary/aromatic N) is 3. The highest BCUT2D eigenvalue weighted by Crippen LogP contribution is 2.31. The van der Waals surface area contributed by atoms with Gasteiger partial charge in [-0.2, -0.15) is 8.78 Å². The summed E-state index contributed by atoms with van der Waals surface area (Å²) in [5, 5.41) is 0.205. The summed E-state index contributed by atoms with van der Waals surface area (Å²) in [5.41, 5.74) is 0.409. The van der Waals surface area contributed by atoms with Gasteiger partial charge < -0.3 is 14.1 Å². The van der Waals surface area contributed by atoms with Crippen LogP contribution in [0.25, 0.3) is 6.08 Å². The number of rotatable bonds is 7. The van der Waals surface area contributed by atoms with Crippen LogP contribution < -0.4 is 9.64 Å². The average Bonchev–Trinajstić information content (AvgIpc) is 3.52. The predicted molar refractivity (Wildman–Crippen MR) is 127 cm³/mol. The molecule has 0 bridgehead atoms. The van der Waals surface area contributed by atoms with Gasteiger partial charge in [0.05, 0.1) is 29.2 Å². The lowest BCUT2D eigenvalue weighted by Gasteiger charge is -2.24. The quantitative estimate of drug-likeness (QED) is 0.511. The van der Waals surface area contributed by atoms with E-state index in [0.29, 0.717) is 17.9 Å². The number of anilines is 1. The van der Waals surface area contributed by atoms with Crippen LogP contribution in [0.2, 0.25) is 0 Å². The van der Waals surface area contributed by atoms with Crippen LogP contribution in [-0.2, 0) is 19.4 Å². The summed E-state index contributed by atoms with van der Waals surface area (Å²) in [7, 11) is -1.60. The summed E-state index contributed by atoms with van der Waals surface area (Å²) in [6, 6.07) is 8.36. The van der Waals surface area contributed by atoms with Crippen molar-refractivity contribution in [2.45, 2.75) is 19.1 Å². The molecule has 4 rings (SSSR count). The molecule has 1 atom stereocenters. The Kier molecular flexibility index (Phi) is 7.26. The molecule has 1 aromatic heterocycles. The number of carbonyl (C=O) groups is 2. The van der Waals surface area contributed by atoms with E-state index in [4.69, 9.17) is 4.42 Å². The average molecular weight is 526 g/mol. The number of sulfone groups is 1. The summed E-state index contributed by atoms with van der Waals surface area (Å²) < 4.78 is 58.1. The molecule has 2 aromatic rings. The van der Waals surface area contributed by atoms with Gasteiger partial charge in [0.25, 0.3) is 5.91 Å². The number of aliphatic imine (C=N–C) groups is 1.